The van der Waals surface area contributed by atoms with Crippen LogP contribution in [-0.4, -0.2) is 30.3 Å². The molecule has 1 amide bonds. The van der Waals surface area contributed by atoms with Crippen molar-refractivity contribution in [2.24, 2.45) is 0 Å². The molecule has 0 aliphatic heterocycles. The molecule has 0 saturated heterocycles. The first-order valence-electron chi connectivity index (χ1n) is 3.27. The number of nitrogens with one attached hydrogen (secondary N) is 2. The van der Waals surface area contributed by atoms with Gasteiger partial charge in [0.25, 0.3) is 0 Å². The molecule has 0 aromatic rings. The molecule has 0 saturated carbocycles. The normalized spacial score (nSPS) is 10.0. The molecular formula is C6H14N2O2. The monoisotopic (exact) mass is 146 g/mol. The molecule has 0 rings (SSSR count). The van der Waals surface area contributed by atoms with Crippen molar-refractivity contribution in [1.82, 2.24) is 10.6 Å². The van der Waals surface area contributed by atoms with Crippen LogP contribution in [0.1, 0.15) is 13.8 Å². The third-order valence-corrected chi connectivity index (χ3v) is 0.847. The van der Waals surface area contributed by atoms with E-state index in [1.807, 2.05) is 13.8 Å². The third-order valence-electron chi connectivity index (χ3n) is 0.847. The first kappa shape index (κ1) is 9.39. The Balaban J connectivity index is 3.26. The van der Waals surface area contributed by atoms with Crippen molar-refractivity contribution in [3.05, 3.63) is 0 Å². The maximum Gasteiger partial charge on any atom is 0.234 e. The maximum atomic E-state index is 10.7. The summed E-state index contributed by atoms with van der Waals surface area (Å²) in [6, 6.07) is 0.160. The Morgan fingerprint density at radius 1 is 1.60 bits per heavy atom. The van der Waals surface area contributed by atoms with E-state index in [-0.39, 0.29) is 25.2 Å². The average molecular weight is 146 g/mol. The summed E-state index contributed by atoms with van der Waals surface area (Å²) < 4.78 is 0. The standard InChI is InChI=1S/C6H14N2O2/c1-5(2)8-6(10)3-7-4-9/h5,7,9H,3-4H2,1-2H3,(H,8,10). The Hall–Kier alpha value is -0.610. The smallest absolute Gasteiger partial charge is 0.234 e. The lowest BCUT2D eigenvalue weighted by molar-refractivity contribution is -0.120. The van der Waals surface area contributed by atoms with Gasteiger partial charge in [0.1, 0.15) is 0 Å². The van der Waals surface area contributed by atoms with Gasteiger partial charge in [-0.2, -0.15) is 0 Å². The molecule has 3 N–H and O–H groups in total. The number of aliphatic hydroxyl groups excluding tert-OH is 1. The van der Waals surface area contributed by atoms with E-state index in [1.165, 1.54) is 0 Å². The summed E-state index contributed by atoms with van der Waals surface area (Å²) in [4.78, 5) is 10.7. The Morgan fingerprint density at radius 2 is 2.20 bits per heavy atom. The molecular weight excluding hydrogens is 132 g/mol. The largest absolute Gasteiger partial charge is 0.381 e. The van der Waals surface area contributed by atoms with E-state index in [0.717, 1.165) is 0 Å². The van der Waals surface area contributed by atoms with E-state index < -0.39 is 0 Å². The molecule has 4 heteroatoms. The molecule has 0 aromatic heterocycles. The second-order valence-corrected chi connectivity index (χ2v) is 2.31. The van der Waals surface area contributed by atoms with Crippen molar-refractivity contribution in [3.8, 4) is 0 Å². The lowest BCUT2D eigenvalue weighted by Gasteiger charge is -2.07. The van der Waals surface area contributed by atoms with Crippen molar-refractivity contribution in [1.29, 1.82) is 0 Å². The number of aliphatic hydroxyl groups is 1. The van der Waals surface area contributed by atoms with Crippen molar-refractivity contribution in [2.45, 2.75) is 19.9 Å². The molecule has 10 heavy (non-hydrogen) atoms. The van der Waals surface area contributed by atoms with E-state index >= 15 is 0 Å². The second kappa shape index (κ2) is 5.20. The predicted molar refractivity (Wildman–Crippen MR) is 38.4 cm³/mol. The number of amides is 1. The van der Waals surface area contributed by atoms with Crippen molar-refractivity contribution in [3.63, 3.8) is 0 Å². The van der Waals surface area contributed by atoms with Crippen LogP contribution in [0.15, 0.2) is 0 Å². The zero-order valence-electron chi connectivity index (χ0n) is 6.35. The number of hydrogen-bond acceptors (Lipinski definition) is 3. The van der Waals surface area contributed by atoms with Crippen LogP contribution in [0, 0.1) is 0 Å². The van der Waals surface area contributed by atoms with E-state index in [0.29, 0.717) is 0 Å². The van der Waals surface area contributed by atoms with E-state index in [9.17, 15) is 4.79 Å². The minimum atomic E-state index is -0.161. The van der Waals surface area contributed by atoms with Gasteiger partial charge in [0.05, 0.1) is 13.3 Å². The van der Waals surface area contributed by atoms with E-state index in [2.05, 4.69) is 10.6 Å². The molecule has 0 fully saturated rings. The van der Waals surface area contributed by atoms with E-state index in [4.69, 9.17) is 5.11 Å². The molecule has 0 radical (unpaired) electrons. The van der Waals surface area contributed by atoms with Crippen LogP contribution >= 0.6 is 0 Å². The summed E-state index contributed by atoms with van der Waals surface area (Å²) in [6.45, 7) is 3.79. The fraction of sp³-hybridized carbons (Fsp3) is 0.833. The molecule has 0 bridgehead atoms. The third kappa shape index (κ3) is 5.53. The zero-order valence-corrected chi connectivity index (χ0v) is 6.35. The van der Waals surface area contributed by atoms with Gasteiger partial charge in [-0.3, -0.25) is 10.1 Å². The van der Waals surface area contributed by atoms with Gasteiger partial charge in [-0.25, -0.2) is 0 Å². The molecule has 0 atom stereocenters. The van der Waals surface area contributed by atoms with Crippen molar-refractivity contribution in [2.75, 3.05) is 13.3 Å². The molecule has 0 aliphatic carbocycles. The second-order valence-electron chi connectivity index (χ2n) is 2.31. The van der Waals surface area contributed by atoms with Crippen LogP contribution in [0.25, 0.3) is 0 Å². The summed E-state index contributed by atoms with van der Waals surface area (Å²) >= 11 is 0. The highest BCUT2D eigenvalue weighted by Gasteiger charge is 1.99. The van der Waals surface area contributed by atoms with Crippen LogP contribution in [0.4, 0.5) is 0 Å². The van der Waals surface area contributed by atoms with Gasteiger partial charge in [0.2, 0.25) is 5.91 Å². The predicted octanol–water partition coefficient (Wildman–Crippen LogP) is -0.950. The number of carbonyl (C=O) groups excluding carboxylic acids is 1. The molecule has 4 nitrogen and oxygen atoms in total. The van der Waals surface area contributed by atoms with Crippen LogP contribution < -0.4 is 10.6 Å². The van der Waals surface area contributed by atoms with Gasteiger partial charge in [-0.1, -0.05) is 0 Å². The fourth-order valence-corrected chi connectivity index (χ4v) is 0.542. The Labute approximate surface area is 60.6 Å². The van der Waals surface area contributed by atoms with Gasteiger partial charge in [0.15, 0.2) is 0 Å². The summed E-state index contributed by atoms with van der Waals surface area (Å²) in [6.07, 6.45) is 0. The summed E-state index contributed by atoms with van der Waals surface area (Å²) in [5.74, 6) is -0.0935. The average Bonchev–Trinajstić information content (AvgIpc) is 1.82. The fourth-order valence-electron chi connectivity index (χ4n) is 0.542. The highest BCUT2D eigenvalue weighted by atomic mass is 16.3. The summed E-state index contributed by atoms with van der Waals surface area (Å²) in [5, 5.41) is 13.4. The number of carbonyl (C=O) groups is 1. The highest BCUT2D eigenvalue weighted by Crippen LogP contribution is 1.74. The maximum absolute atomic E-state index is 10.7. The quantitative estimate of drug-likeness (QED) is 0.448. The SMILES string of the molecule is CC(C)NC(=O)CNCO. The lowest BCUT2D eigenvalue weighted by Crippen LogP contribution is -2.37. The molecule has 0 aliphatic rings. The number of hydrogen-bond donors (Lipinski definition) is 3. The Kier molecular flexibility index (Phi) is 4.88. The minimum absolute atomic E-state index is 0.0935. The van der Waals surface area contributed by atoms with Crippen LogP contribution in [0.2, 0.25) is 0 Å². The topological polar surface area (TPSA) is 61.4 Å². The highest BCUT2D eigenvalue weighted by molar-refractivity contribution is 5.78. The molecule has 0 spiro atoms. The van der Waals surface area contributed by atoms with Crippen LogP contribution in [-0.2, 0) is 4.79 Å². The molecule has 0 aromatic carbocycles. The lowest BCUT2D eigenvalue weighted by atomic mass is 10.4. The van der Waals surface area contributed by atoms with Crippen molar-refractivity contribution < 1.29 is 9.90 Å². The van der Waals surface area contributed by atoms with Crippen LogP contribution in [0.5, 0.6) is 0 Å². The molecule has 0 unspecified atom stereocenters. The van der Waals surface area contributed by atoms with E-state index in [1.54, 1.807) is 0 Å². The van der Waals surface area contributed by atoms with Gasteiger partial charge < -0.3 is 10.4 Å². The number of rotatable bonds is 4. The van der Waals surface area contributed by atoms with Gasteiger partial charge in [-0.05, 0) is 13.8 Å². The van der Waals surface area contributed by atoms with Crippen molar-refractivity contribution >= 4 is 5.91 Å². The Bertz CT molecular complexity index is 104. The van der Waals surface area contributed by atoms with Gasteiger partial charge in [0, 0.05) is 6.04 Å². The Morgan fingerprint density at radius 3 is 2.60 bits per heavy atom. The summed E-state index contributed by atoms with van der Waals surface area (Å²) in [7, 11) is 0. The zero-order chi connectivity index (χ0) is 7.98. The molecule has 60 valence electrons. The van der Waals surface area contributed by atoms with Gasteiger partial charge in [-0.15, -0.1) is 0 Å². The van der Waals surface area contributed by atoms with Crippen LogP contribution in [0.3, 0.4) is 0 Å². The minimum Gasteiger partial charge on any atom is -0.381 e. The summed E-state index contributed by atoms with van der Waals surface area (Å²) in [5.41, 5.74) is 0. The first-order valence-corrected chi connectivity index (χ1v) is 3.27. The van der Waals surface area contributed by atoms with Gasteiger partial charge >= 0.3 is 0 Å². The molecule has 0 heterocycles. The first-order chi connectivity index (χ1) is 4.66.